The standard InChI is InChI=1S/C19H29NO2S/c1-19(2,3)23-14-16-10-7-8-12-20(16)18(21)13-15-9-5-6-11-17(15)22-4/h5-6,9,11,16H,7-8,10,12-14H2,1-4H3. The van der Waals surface area contributed by atoms with E-state index in [1.807, 2.05) is 36.0 Å². The third-order valence-corrected chi connectivity index (χ3v) is 5.61. The maximum atomic E-state index is 12.8. The van der Waals surface area contributed by atoms with E-state index in [2.05, 4.69) is 25.7 Å². The molecule has 3 nitrogen and oxygen atoms in total. The molecule has 2 rings (SSSR count). The molecule has 128 valence electrons. The Hall–Kier alpha value is -1.16. The lowest BCUT2D eigenvalue weighted by molar-refractivity contribution is -0.133. The molecule has 1 heterocycles. The molecule has 0 radical (unpaired) electrons. The first-order valence-electron chi connectivity index (χ1n) is 8.46. The fourth-order valence-corrected chi connectivity index (χ4v) is 4.00. The molecule has 0 aliphatic carbocycles. The first-order chi connectivity index (χ1) is 10.9. The Bertz CT molecular complexity index is 524. The van der Waals surface area contributed by atoms with Crippen LogP contribution in [-0.4, -0.2) is 41.0 Å². The molecule has 1 fully saturated rings. The van der Waals surface area contributed by atoms with E-state index in [0.717, 1.165) is 36.5 Å². The molecular formula is C19H29NO2S. The summed E-state index contributed by atoms with van der Waals surface area (Å²) in [4.78, 5) is 14.9. The second-order valence-corrected chi connectivity index (χ2v) is 9.00. The summed E-state index contributed by atoms with van der Waals surface area (Å²) >= 11 is 1.96. The van der Waals surface area contributed by atoms with Crippen molar-refractivity contribution in [3.05, 3.63) is 29.8 Å². The van der Waals surface area contributed by atoms with E-state index in [0.29, 0.717) is 12.5 Å². The first kappa shape index (κ1) is 18.2. The van der Waals surface area contributed by atoms with Crippen LogP contribution in [0.1, 0.15) is 45.6 Å². The molecule has 1 atom stereocenters. The Balaban J connectivity index is 2.03. The van der Waals surface area contributed by atoms with Crippen LogP contribution in [0.3, 0.4) is 0 Å². The third kappa shape index (κ3) is 5.45. The number of benzene rings is 1. The molecular weight excluding hydrogens is 306 g/mol. The zero-order chi connectivity index (χ0) is 16.9. The molecule has 1 aromatic rings. The number of carbonyl (C=O) groups excluding carboxylic acids is 1. The summed E-state index contributed by atoms with van der Waals surface area (Å²) in [5.74, 6) is 2.06. The van der Waals surface area contributed by atoms with Crippen molar-refractivity contribution < 1.29 is 9.53 Å². The molecule has 1 aromatic carbocycles. The number of thioether (sulfide) groups is 1. The fourth-order valence-electron chi connectivity index (χ4n) is 2.96. The average molecular weight is 336 g/mol. The Morgan fingerprint density at radius 2 is 2.04 bits per heavy atom. The van der Waals surface area contributed by atoms with E-state index < -0.39 is 0 Å². The molecule has 0 spiro atoms. The van der Waals surface area contributed by atoms with E-state index >= 15 is 0 Å². The zero-order valence-electron chi connectivity index (χ0n) is 14.8. The van der Waals surface area contributed by atoms with Crippen molar-refractivity contribution in [2.75, 3.05) is 19.4 Å². The van der Waals surface area contributed by atoms with Crippen LogP contribution in [0.5, 0.6) is 5.75 Å². The van der Waals surface area contributed by atoms with Gasteiger partial charge in [-0.1, -0.05) is 39.0 Å². The van der Waals surface area contributed by atoms with E-state index in [1.54, 1.807) is 7.11 Å². The lowest BCUT2D eigenvalue weighted by Crippen LogP contribution is -2.46. The van der Waals surface area contributed by atoms with Gasteiger partial charge in [0.05, 0.1) is 13.5 Å². The molecule has 1 aliphatic rings. The highest BCUT2D eigenvalue weighted by atomic mass is 32.2. The number of nitrogens with zero attached hydrogens (tertiary/aromatic N) is 1. The molecule has 1 saturated heterocycles. The number of amides is 1. The summed E-state index contributed by atoms with van der Waals surface area (Å²) in [6, 6.07) is 8.19. The van der Waals surface area contributed by atoms with Crippen LogP contribution in [0, 0.1) is 0 Å². The van der Waals surface area contributed by atoms with Gasteiger partial charge in [-0.25, -0.2) is 0 Å². The van der Waals surface area contributed by atoms with E-state index in [1.165, 1.54) is 6.42 Å². The van der Waals surface area contributed by atoms with E-state index in [4.69, 9.17) is 4.74 Å². The first-order valence-corrected chi connectivity index (χ1v) is 9.44. The fraction of sp³-hybridized carbons (Fsp3) is 0.632. The highest BCUT2D eigenvalue weighted by molar-refractivity contribution is 8.00. The average Bonchev–Trinajstić information content (AvgIpc) is 2.53. The number of para-hydroxylation sites is 1. The third-order valence-electron chi connectivity index (χ3n) is 4.19. The van der Waals surface area contributed by atoms with Crippen molar-refractivity contribution in [2.24, 2.45) is 0 Å². The quantitative estimate of drug-likeness (QED) is 0.809. The smallest absolute Gasteiger partial charge is 0.227 e. The molecule has 1 amide bonds. The second kappa shape index (κ2) is 8.09. The van der Waals surface area contributed by atoms with Crippen LogP contribution in [0.2, 0.25) is 0 Å². The summed E-state index contributed by atoms with van der Waals surface area (Å²) in [5.41, 5.74) is 0.979. The van der Waals surface area contributed by atoms with Crippen LogP contribution >= 0.6 is 11.8 Å². The molecule has 23 heavy (non-hydrogen) atoms. The van der Waals surface area contributed by atoms with Crippen molar-refractivity contribution in [3.8, 4) is 5.75 Å². The van der Waals surface area contributed by atoms with Gasteiger partial charge in [0.2, 0.25) is 5.91 Å². The second-order valence-electron chi connectivity index (χ2n) is 7.15. The predicted molar refractivity (Wildman–Crippen MR) is 98.3 cm³/mol. The summed E-state index contributed by atoms with van der Waals surface area (Å²) in [6.45, 7) is 7.60. The Morgan fingerprint density at radius 3 is 2.74 bits per heavy atom. The number of likely N-dealkylation sites (tertiary alicyclic amines) is 1. The van der Waals surface area contributed by atoms with Crippen LogP contribution in [0.4, 0.5) is 0 Å². The van der Waals surface area contributed by atoms with Gasteiger partial charge in [0.25, 0.3) is 0 Å². The Labute approximate surface area is 144 Å². The van der Waals surface area contributed by atoms with Crippen LogP contribution < -0.4 is 4.74 Å². The van der Waals surface area contributed by atoms with E-state index in [-0.39, 0.29) is 10.7 Å². The summed E-state index contributed by atoms with van der Waals surface area (Å²) in [5, 5.41) is 0. The number of hydrogen-bond acceptors (Lipinski definition) is 3. The van der Waals surface area contributed by atoms with Crippen LogP contribution in [0.25, 0.3) is 0 Å². The van der Waals surface area contributed by atoms with Gasteiger partial charge in [-0.2, -0.15) is 11.8 Å². The SMILES string of the molecule is COc1ccccc1CC(=O)N1CCCCC1CSC(C)(C)C. The number of ether oxygens (including phenoxy) is 1. The number of rotatable bonds is 5. The number of hydrogen-bond donors (Lipinski definition) is 0. The van der Waals surface area contributed by atoms with E-state index in [9.17, 15) is 4.79 Å². The minimum absolute atomic E-state index is 0.230. The topological polar surface area (TPSA) is 29.5 Å². The highest BCUT2D eigenvalue weighted by Crippen LogP contribution is 2.29. The minimum atomic E-state index is 0.230. The molecule has 0 saturated carbocycles. The van der Waals surface area contributed by atoms with Crippen LogP contribution in [0.15, 0.2) is 24.3 Å². The molecule has 1 unspecified atom stereocenters. The van der Waals surface area contributed by atoms with Gasteiger partial charge >= 0.3 is 0 Å². The number of piperidine rings is 1. The van der Waals surface area contributed by atoms with Gasteiger partial charge in [0.1, 0.15) is 5.75 Å². The van der Waals surface area contributed by atoms with Gasteiger partial charge in [-0.05, 0) is 25.3 Å². The zero-order valence-corrected chi connectivity index (χ0v) is 15.6. The summed E-state index contributed by atoms with van der Waals surface area (Å²) in [6.07, 6.45) is 3.91. The molecule has 1 aliphatic heterocycles. The molecule has 4 heteroatoms. The van der Waals surface area contributed by atoms with Gasteiger partial charge in [0, 0.05) is 28.6 Å². The van der Waals surface area contributed by atoms with Gasteiger partial charge in [-0.3, -0.25) is 4.79 Å². The normalized spacial score (nSPS) is 18.8. The van der Waals surface area contributed by atoms with Gasteiger partial charge in [-0.15, -0.1) is 0 Å². The lowest BCUT2D eigenvalue weighted by atomic mass is 10.0. The number of methoxy groups -OCH3 is 1. The van der Waals surface area contributed by atoms with Crippen molar-refractivity contribution >= 4 is 17.7 Å². The molecule has 0 bridgehead atoms. The van der Waals surface area contributed by atoms with Crippen molar-refractivity contribution in [2.45, 2.75) is 57.2 Å². The monoisotopic (exact) mass is 335 g/mol. The lowest BCUT2D eigenvalue weighted by Gasteiger charge is -2.37. The van der Waals surface area contributed by atoms with Crippen LogP contribution in [-0.2, 0) is 11.2 Å². The van der Waals surface area contributed by atoms with Gasteiger partial charge < -0.3 is 9.64 Å². The summed E-state index contributed by atoms with van der Waals surface area (Å²) < 4.78 is 5.62. The molecule has 0 aromatic heterocycles. The van der Waals surface area contributed by atoms with Crippen molar-refractivity contribution in [1.29, 1.82) is 0 Å². The largest absolute Gasteiger partial charge is 0.496 e. The minimum Gasteiger partial charge on any atom is -0.496 e. The predicted octanol–water partition coefficient (Wildman–Crippen LogP) is 4.15. The van der Waals surface area contributed by atoms with Crippen molar-refractivity contribution in [3.63, 3.8) is 0 Å². The van der Waals surface area contributed by atoms with Gasteiger partial charge in [0.15, 0.2) is 0 Å². The Morgan fingerprint density at radius 1 is 1.30 bits per heavy atom. The maximum absolute atomic E-state index is 12.8. The highest BCUT2D eigenvalue weighted by Gasteiger charge is 2.28. The maximum Gasteiger partial charge on any atom is 0.227 e. The van der Waals surface area contributed by atoms with Crippen molar-refractivity contribution in [1.82, 2.24) is 4.90 Å². The molecule has 0 N–H and O–H groups in total. The summed E-state index contributed by atoms with van der Waals surface area (Å²) in [7, 11) is 1.66. The Kier molecular flexibility index (Phi) is 6.40. The number of carbonyl (C=O) groups is 1.